The fraction of sp³-hybridized carbons (Fsp3) is 0.286. The topological polar surface area (TPSA) is 72.5 Å². The van der Waals surface area contributed by atoms with E-state index < -0.39 is 22.7 Å². The highest BCUT2D eigenvalue weighted by Crippen LogP contribution is 2.30. The Morgan fingerprint density at radius 1 is 1.14 bits per heavy atom. The Labute approximate surface area is 168 Å². The second-order valence-electron chi connectivity index (χ2n) is 6.87. The number of benzene rings is 2. The minimum absolute atomic E-state index is 0.0431. The molecule has 2 aromatic rings. The minimum Gasteiger partial charge on any atom is -0.435 e. The molecular weight excluding hydrogens is 400 g/mol. The first-order chi connectivity index (χ1) is 13.7. The van der Waals surface area contributed by atoms with Gasteiger partial charge >= 0.3 is 6.61 Å². The molecule has 0 spiro atoms. The first kappa shape index (κ1) is 21.1. The normalized spacial score (nSPS) is 14.8. The lowest BCUT2D eigenvalue weighted by Crippen LogP contribution is -2.35. The third-order valence-corrected chi connectivity index (χ3v) is 6.31. The van der Waals surface area contributed by atoms with Crippen molar-refractivity contribution in [3.63, 3.8) is 0 Å². The van der Waals surface area contributed by atoms with E-state index in [0.29, 0.717) is 17.5 Å². The number of aryl methyl sites for hydroxylation is 1. The lowest BCUT2D eigenvalue weighted by molar-refractivity contribution is -0.0498. The number of fused-ring (bicyclic) bond motifs is 1. The summed E-state index contributed by atoms with van der Waals surface area (Å²) in [6.07, 6.45) is 2.19. The van der Waals surface area contributed by atoms with Crippen LogP contribution in [0.2, 0.25) is 0 Å². The highest BCUT2D eigenvalue weighted by molar-refractivity contribution is 7.93. The molecule has 1 atom stereocenters. The average Bonchev–Trinajstić information content (AvgIpc) is 2.67. The molecule has 3 rings (SSSR count). The zero-order valence-corrected chi connectivity index (χ0v) is 16.6. The molecule has 5 nitrogen and oxygen atoms in total. The molecule has 0 unspecified atom stereocenters. The Morgan fingerprint density at radius 3 is 2.55 bits per heavy atom. The molecule has 0 heterocycles. The van der Waals surface area contributed by atoms with Crippen LogP contribution in [0.5, 0.6) is 5.75 Å². The number of alkyl halides is 2. The largest absolute Gasteiger partial charge is 0.435 e. The van der Waals surface area contributed by atoms with Gasteiger partial charge in [0.25, 0.3) is 0 Å². The fourth-order valence-electron chi connectivity index (χ4n) is 3.23. The Hall–Kier alpha value is -2.58. The molecule has 0 fully saturated rings. The van der Waals surface area contributed by atoms with Gasteiger partial charge in [-0.3, -0.25) is 4.79 Å². The molecule has 0 saturated carbocycles. The van der Waals surface area contributed by atoms with Gasteiger partial charge in [0.1, 0.15) is 5.75 Å². The number of sulfonamides is 1. The van der Waals surface area contributed by atoms with Gasteiger partial charge in [0, 0.05) is 18.0 Å². The Kier molecular flexibility index (Phi) is 6.44. The van der Waals surface area contributed by atoms with Crippen molar-refractivity contribution in [2.24, 2.45) is 0 Å². The van der Waals surface area contributed by atoms with Gasteiger partial charge in [0.2, 0.25) is 10.0 Å². The smallest absolute Gasteiger partial charge is 0.387 e. The third kappa shape index (κ3) is 5.48. The minimum atomic E-state index is -3.77. The number of nitrogens with one attached hydrogen (secondary N) is 1. The van der Waals surface area contributed by atoms with Crippen LogP contribution in [0.25, 0.3) is 6.08 Å². The summed E-state index contributed by atoms with van der Waals surface area (Å²) in [4.78, 5) is 12.5. The Balaban J connectivity index is 1.69. The SMILES string of the molecule is C[C@H](CC(=O)c1ccccc1)NS(=O)(=O)C1=Cc2ccc(OC(F)F)cc2CC1. The van der Waals surface area contributed by atoms with E-state index in [-0.39, 0.29) is 29.3 Å². The second-order valence-corrected chi connectivity index (χ2v) is 8.63. The van der Waals surface area contributed by atoms with Crippen molar-refractivity contribution in [2.45, 2.75) is 38.8 Å². The van der Waals surface area contributed by atoms with Crippen molar-refractivity contribution in [1.29, 1.82) is 0 Å². The summed E-state index contributed by atoms with van der Waals surface area (Å²) in [5, 5.41) is 0. The summed E-state index contributed by atoms with van der Waals surface area (Å²) in [5.74, 6) is -0.0973. The van der Waals surface area contributed by atoms with Crippen LogP contribution >= 0.6 is 0 Å². The predicted octanol–water partition coefficient (Wildman–Crippen LogP) is 4.16. The molecule has 29 heavy (non-hydrogen) atoms. The molecule has 154 valence electrons. The number of Topliss-reactive ketones (excluding diaryl/α,β-unsaturated/α-hetero) is 1. The van der Waals surface area contributed by atoms with E-state index in [4.69, 9.17) is 0 Å². The van der Waals surface area contributed by atoms with Crippen LogP contribution in [0.15, 0.2) is 53.4 Å². The quantitative estimate of drug-likeness (QED) is 0.650. The number of hydrogen-bond donors (Lipinski definition) is 1. The number of carbonyl (C=O) groups is 1. The summed E-state index contributed by atoms with van der Waals surface area (Å²) in [6.45, 7) is -1.27. The van der Waals surface area contributed by atoms with Gasteiger partial charge < -0.3 is 4.74 Å². The molecule has 1 aliphatic rings. The fourth-order valence-corrected chi connectivity index (χ4v) is 4.65. The van der Waals surface area contributed by atoms with E-state index in [0.717, 1.165) is 5.56 Å². The van der Waals surface area contributed by atoms with E-state index in [1.807, 2.05) is 0 Å². The number of rotatable bonds is 8. The molecule has 1 N–H and O–H groups in total. The van der Waals surface area contributed by atoms with E-state index in [2.05, 4.69) is 9.46 Å². The van der Waals surface area contributed by atoms with Crippen LogP contribution in [0.4, 0.5) is 8.78 Å². The van der Waals surface area contributed by atoms with Crippen molar-refractivity contribution in [3.05, 3.63) is 70.1 Å². The second kappa shape index (κ2) is 8.84. The number of allylic oxidation sites excluding steroid dienone is 1. The van der Waals surface area contributed by atoms with Gasteiger partial charge in [-0.05, 0) is 49.1 Å². The summed E-state index contributed by atoms with van der Waals surface area (Å²) >= 11 is 0. The van der Waals surface area contributed by atoms with E-state index >= 15 is 0 Å². The van der Waals surface area contributed by atoms with E-state index in [1.54, 1.807) is 43.3 Å². The van der Waals surface area contributed by atoms with Crippen molar-refractivity contribution >= 4 is 21.9 Å². The molecule has 1 aliphatic carbocycles. The van der Waals surface area contributed by atoms with Crippen LogP contribution in [0.1, 0.15) is 41.3 Å². The van der Waals surface area contributed by atoms with E-state index in [1.165, 1.54) is 18.2 Å². The first-order valence-corrected chi connectivity index (χ1v) is 10.6. The van der Waals surface area contributed by atoms with Gasteiger partial charge in [-0.15, -0.1) is 0 Å². The first-order valence-electron chi connectivity index (χ1n) is 9.13. The lowest BCUT2D eigenvalue weighted by atomic mass is 9.97. The van der Waals surface area contributed by atoms with Crippen molar-refractivity contribution in [3.8, 4) is 5.75 Å². The molecule has 2 aromatic carbocycles. The lowest BCUT2D eigenvalue weighted by Gasteiger charge is -2.20. The Bertz CT molecular complexity index is 1020. The van der Waals surface area contributed by atoms with Gasteiger partial charge in [0.05, 0.1) is 4.91 Å². The molecule has 0 radical (unpaired) electrons. The van der Waals surface area contributed by atoms with Gasteiger partial charge in [-0.2, -0.15) is 8.78 Å². The van der Waals surface area contributed by atoms with Crippen LogP contribution in [0, 0.1) is 0 Å². The summed E-state index contributed by atoms with van der Waals surface area (Å²) in [6, 6.07) is 12.6. The Morgan fingerprint density at radius 2 is 1.86 bits per heavy atom. The molecular formula is C21H21F2NO4S. The van der Waals surface area contributed by atoms with Crippen LogP contribution in [-0.2, 0) is 16.4 Å². The number of halogens is 2. The maximum atomic E-state index is 12.7. The molecule has 0 saturated heterocycles. The van der Waals surface area contributed by atoms with Gasteiger partial charge in [0.15, 0.2) is 5.78 Å². The molecule has 0 aromatic heterocycles. The predicted molar refractivity (Wildman–Crippen MR) is 106 cm³/mol. The molecule has 0 aliphatic heterocycles. The zero-order valence-electron chi connectivity index (χ0n) is 15.8. The molecule has 8 heteroatoms. The number of ketones is 1. The molecule has 0 amide bonds. The monoisotopic (exact) mass is 421 g/mol. The number of hydrogen-bond acceptors (Lipinski definition) is 4. The van der Waals surface area contributed by atoms with Crippen LogP contribution in [0.3, 0.4) is 0 Å². The molecule has 0 bridgehead atoms. The summed E-state index contributed by atoms with van der Waals surface area (Å²) in [7, 11) is -3.77. The summed E-state index contributed by atoms with van der Waals surface area (Å²) < 4.78 is 57.1. The van der Waals surface area contributed by atoms with Crippen molar-refractivity contribution in [2.75, 3.05) is 0 Å². The van der Waals surface area contributed by atoms with Crippen LogP contribution < -0.4 is 9.46 Å². The van der Waals surface area contributed by atoms with Crippen molar-refractivity contribution < 1.29 is 26.7 Å². The number of ether oxygens (including phenoxy) is 1. The average molecular weight is 421 g/mol. The summed E-state index contributed by atoms with van der Waals surface area (Å²) in [5.41, 5.74) is 1.92. The highest BCUT2D eigenvalue weighted by atomic mass is 32.2. The van der Waals surface area contributed by atoms with Crippen LogP contribution in [-0.4, -0.2) is 26.9 Å². The number of carbonyl (C=O) groups excluding carboxylic acids is 1. The van der Waals surface area contributed by atoms with Gasteiger partial charge in [-0.1, -0.05) is 36.4 Å². The third-order valence-electron chi connectivity index (χ3n) is 4.59. The maximum Gasteiger partial charge on any atom is 0.387 e. The van der Waals surface area contributed by atoms with Gasteiger partial charge in [-0.25, -0.2) is 13.1 Å². The van der Waals surface area contributed by atoms with E-state index in [9.17, 15) is 22.0 Å². The maximum absolute atomic E-state index is 12.7. The standard InChI is InChI=1S/C21H21F2NO4S/c1-14(11-20(25)15-5-3-2-4-6-15)24-29(26,27)19-10-8-16-12-18(28-21(22)23)9-7-17(16)13-19/h2-7,9,12-14,21,24H,8,10-11H2,1H3/t14-/m1/s1. The zero-order chi connectivity index (χ0) is 21.0. The highest BCUT2D eigenvalue weighted by Gasteiger charge is 2.25. The van der Waals surface area contributed by atoms with Crippen molar-refractivity contribution in [1.82, 2.24) is 4.72 Å².